The van der Waals surface area contributed by atoms with E-state index < -0.39 is 23.4 Å². The molecule has 1 saturated heterocycles. The second-order valence-electron chi connectivity index (χ2n) is 11.7. The molecule has 212 valence electrons. The number of benzene rings is 1. The maximum atomic E-state index is 12.7. The predicted octanol–water partition coefficient (Wildman–Crippen LogP) is 5.34. The highest BCUT2D eigenvalue weighted by Crippen LogP contribution is 2.26. The van der Waals surface area contributed by atoms with Gasteiger partial charge in [0.2, 0.25) is 0 Å². The first-order chi connectivity index (χ1) is 18.3. The predicted molar refractivity (Wildman–Crippen MR) is 149 cm³/mol. The van der Waals surface area contributed by atoms with Gasteiger partial charge in [0.1, 0.15) is 29.9 Å². The maximum Gasteiger partial charge on any atom is 0.413 e. The summed E-state index contributed by atoms with van der Waals surface area (Å²) in [6, 6.07) is 13.8. The van der Waals surface area contributed by atoms with Crippen LogP contribution < -0.4 is 5.32 Å². The highest BCUT2D eigenvalue weighted by Gasteiger charge is 2.38. The molecule has 2 heterocycles. The van der Waals surface area contributed by atoms with E-state index >= 15 is 0 Å². The van der Waals surface area contributed by atoms with Gasteiger partial charge in [-0.3, -0.25) is 5.32 Å². The molecule has 2 aromatic rings. The normalized spacial score (nSPS) is 17.5. The number of aromatic nitrogens is 1. The number of ether oxygens (including phenoxy) is 3. The Labute approximate surface area is 231 Å². The van der Waals surface area contributed by atoms with Crippen LogP contribution in [0, 0.1) is 12.8 Å². The van der Waals surface area contributed by atoms with E-state index in [0.29, 0.717) is 38.0 Å². The number of nitrogens with one attached hydrogen (secondary N) is 1. The SMILES string of the molecule is Cc1cc(CC2CN(C(=O)OC(C)(C)C)CC2OCC=O)nc(NC(=O)OC(C)(C)CCc2ccccc2)c1. The number of pyridine rings is 1. The number of amides is 2. The lowest BCUT2D eigenvalue weighted by Gasteiger charge is -2.25. The summed E-state index contributed by atoms with van der Waals surface area (Å²) in [5, 5.41) is 2.77. The minimum absolute atomic E-state index is 0.0523. The van der Waals surface area contributed by atoms with E-state index in [9.17, 15) is 14.4 Å². The number of hydrogen-bond donors (Lipinski definition) is 1. The number of carbonyl (C=O) groups excluding carboxylic acids is 3. The lowest BCUT2D eigenvalue weighted by molar-refractivity contribution is -0.114. The Kier molecular flexibility index (Phi) is 10.1. The van der Waals surface area contributed by atoms with Crippen LogP contribution in [-0.2, 0) is 31.8 Å². The molecule has 2 unspecified atom stereocenters. The monoisotopic (exact) mass is 539 g/mol. The lowest BCUT2D eigenvalue weighted by atomic mass is 9.98. The van der Waals surface area contributed by atoms with Gasteiger partial charge in [-0.15, -0.1) is 0 Å². The van der Waals surface area contributed by atoms with E-state index in [1.165, 1.54) is 5.56 Å². The van der Waals surface area contributed by atoms with Crippen molar-refractivity contribution in [2.75, 3.05) is 25.0 Å². The number of hydrogen-bond acceptors (Lipinski definition) is 7. The van der Waals surface area contributed by atoms with Crippen molar-refractivity contribution in [2.24, 2.45) is 5.92 Å². The molecule has 9 heteroatoms. The van der Waals surface area contributed by atoms with Crippen molar-refractivity contribution >= 4 is 24.3 Å². The molecule has 1 fully saturated rings. The summed E-state index contributed by atoms with van der Waals surface area (Å²) >= 11 is 0. The fourth-order valence-electron chi connectivity index (χ4n) is 4.56. The van der Waals surface area contributed by atoms with Crippen molar-refractivity contribution in [1.82, 2.24) is 9.88 Å². The summed E-state index contributed by atoms with van der Waals surface area (Å²) in [6.07, 6.45) is 1.35. The van der Waals surface area contributed by atoms with Gasteiger partial charge in [-0.05, 0) is 84.1 Å². The minimum Gasteiger partial charge on any atom is -0.444 e. The number of rotatable bonds is 10. The molecule has 0 saturated carbocycles. The molecule has 1 aromatic heterocycles. The third kappa shape index (κ3) is 9.98. The van der Waals surface area contributed by atoms with Crippen LogP contribution in [-0.4, -0.2) is 65.4 Å². The number of nitrogens with zero attached hydrogens (tertiary/aromatic N) is 2. The molecule has 1 aliphatic heterocycles. The Balaban J connectivity index is 1.63. The third-order valence-electron chi connectivity index (χ3n) is 6.36. The molecule has 2 atom stereocenters. The molecule has 2 amide bonds. The van der Waals surface area contributed by atoms with Crippen molar-refractivity contribution < 1.29 is 28.6 Å². The largest absolute Gasteiger partial charge is 0.444 e. The number of anilines is 1. The smallest absolute Gasteiger partial charge is 0.413 e. The maximum absolute atomic E-state index is 12.7. The molecule has 39 heavy (non-hydrogen) atoms. The molecule has 0 radical (unpaired) electrons. The van der Waals surface area contributed by atoms with Crippen LogP contribution in [0.4, 0.5) is 15.4 Å². The average molecular weight is 540 g/mol. The summed E-state index contributed by atoms with van der Waals surface area (Å²) in [6.45, 7) is 11.8. The molecule has 0 spiro atoms. The molecule has 9 nitrogen and oxygen atoms in total. The minimum atomic E-state index is -0.662. The van der Waals surface area contributed by atoms with Crippen molar-refractivity contribution in [3.63, 3.8) is 0 Å². The summed E-state index contributed by atoms with van der Waals surface area (Å²) in [5.41, 5.74) is 1.57. The van der Waals surface area contributed by atoms with Crippen molar-refractivity contribution in [3.05, 3.63) is 59.3 Å². The molecule has 1 aromatic carbocycles. The standard InChI is InChI=1S/C30H41N3O6/c1-21-16-24(18-23-19-33(20-25(23)37-15-14-34)28(36)39-29(2,3)4)31-26(17-21)32-27(35)38-30(5,6)13-12-22-10-8-7-9-11-22/h7-11,14,16-17,23,25H,12-13,15,18-20H2,1-6H3,(H,31,32,35). The van der Waals surface area contributed by atoms with E-state index in [4.69, 9.17) is 14.2 Å². The van der Waals surface area contributed by atoms with Gasteiger partial charge in [0.15, 0.2) is 0 Å². The Morgan fingerprint density at radius 1 is 1.08 bits per heavy atom. The van der Waals surface area contributed by atoms with Gasteiger partial charge in [-0.1, -0.05) is 30.3 Å². The average Bonchev–Trinajstić information content (AvgIpc) is 3.23. The van der Waals surface area contributed by atoms with Gasteiger partial charge in [-0.25, -0.2) is 14.6 Å². The van der Waals surface area contributed by atoms with Crippen molar-refractivity contribution in [3.8, 4) is 0 Å². The first kappa shape index (κ1) is 30.1. The topological polar surface area (TPSA) is 107 Å². The van der Waals surface area contributed by atoms with Crippen LogP contribution in [0.2, 0.25) is 0 Å². The number of likely N-dealkylation sites (tertiary alicyclic amines) is 1. The summed E-state index contributed by atoms with van der Waals surface area (Å²) < 4.78 is 17.0. The number of aryl methyl sites for hydroxylation is 2. The van der Waals surface area contributed by atoms with Crippen LogP contribution in [0.5, 0.6) is 0 Å². The summed E-state index contributed by atoms with van der Waals surface area (Å²) in [7, 11) is 0. The van der Waals surface area contributed by atoms with Crippen molar-refractivity contribution in [2.45, 2.75) is 78.1 Å². The van der Waals surface area contributed by atoms with Crippen LogP contribution in [0.1, 0.15) is 57.9 Å². The first-order valence-corrected chi connectivity index (χ1v) is 13.4. The van der Waals surface area contributed by atoms with E-state index in [1.54, 1.807) is 11.0 Å². The zero-order valence-electron chi connectivity index (χ0n) is 23.9. The van der Waals surface area contributed by atoms with E-state index in [0.717, 1.165) is 17.7 Å². The van der Waals surface area contributed by atoms with Gasteiger partial charge in [0, 0.05) is 18.2 Å². The fraction of sp³-hybridized carbons (Fsp3) is 0.533. The van der Waals surface area contributed by atoms with Gasteiger partial charge < -0.3 is 23.9 Å². The van der Waals surface area contributed by atoms with Gasteiger partial charge in [0.25, 0.3) is 0 Å². The van der Waals surface area contributed by atoms with Crippen molar-refractivity contribution in [1.29, 1.82) is 0 Å². The summed E-state index contributed by atoms with van der Waals surface area (Å²) in [5.74, 6) is 0.296. The molecule has 1 aliphatic rings. The van der Waals surface area contributed by atoms with Gasteiger partial charge in [0.05, 0.1) is 12.6 Å². The fourth-order valence-corrected chi connectivity index (χ4v) is 4.56. The molecule has 1 N–H and O–H groups in total. The summed E-state index contributed by atoms with van der Waals surface area (Å²) in [4.78, 5) is 42.6. The van der Waals surface area contributed by atoms with E-state index in [-0.39, 0.29) is 18.6 Å². The molecular weight excluding hydrogens is 498 g/mol. The zero-order valence-corrected chi connectivity index (χ0v) is 23.9. The molecule has 0 aliphatic carbocycles. The number of carbonyl (C=O) groups is 3. The Hall–Kier alpha value is -3.46. The highest BCUT2D eigenvalue weighted by atomic mass is 16.6. The Morgan fingerprint density at radius 2 is 1.79 bits per heavy atom. The Bertz CT molecular complexity index is 1130. The zero-order chi connectivity index (χ0) is 28.6. The molecule has 0 bridgehead atoms. The van der Waals surface area contributed by atoms with Crippen LogP contribution in [0.15, 0.2) is 42.5 Å². The lowest BCUT2D eigenvalue weighted by Crippen LogP contribution is -2.36. The van der Waals surface area contributed by atoms with E-state index in [1.807, 2.05) is 65.8 Å². The molecular formula is C30H41N3O6. The highest BCUT2D eigenvalue weighted by molar-refractivity contribution is 5.83. The van der Waals surface area contributed by atoms with Gasteiger partial charge >= 0.3 is 12.2 Å². The van der Waals surface area contributed by atoms with Crippen LogP contribution >= 0.6 is 0 Å². The molecule has 3 rings (SSSR count). The Morgan fingerprint density at radius 3 is 2.46 bits per heavy atom. The van der Waals surface area contributed by atoms with Gasteiger partial charge in [-0.2, -0.15) is 0 Å². The second kappa shape index (κ2) is 13.1. The van der Waals surface area contributed by atoms with Crippen LogP contribution in [0.3, 0.4) is 0 Å². The van der Waals surface area contributed by atoms with E-state index in [2.05, 4.69) is 22.4 Å². The first-order valence-electron chi connectivity index (χ1n) is 13.4. The third-order valence-corrected chi connectivity index (χ3v) is 6.36. The second-order valence-corrected chi connectivity index (χ2v) is 11.7. The number of aldehydes is 1. The quantitative estimate of drug-likeness (QED) is 0.406. The van der Waals surface area contributed by atoms with Crippen LogP contribution in [0.25, 0.3) is 0 Å².